The fourth-order valence-corrected chi connectivity index (χ4v) is 2.24. The molecular weight excluding hydrogens is 252 g/mol. The Bertz CT molecular complexity index is 419. The topological polar surface area (TPSA) is 50.4 Å². The molecule has 0 spiro atoms. The summed E-state index contributed by atoms with van der Waals surface area (Å²) in [4.78, 5) is 12.0. The lowest BCUT2D eigenvalue weighted by molar-refractivity contribution is -0.134. The SMILES string of the molecule is C[C@H](NC(=O)C1CNCCO1)c1ccccc1Cl. The number of carbonyl (C=O) groups excluding carboxylic acids is 1. The average molecular weight is 269 g/mol. The lowest BCUT2D eigenvalue weighted by Gasteiger charge is -2.25. The Morgan fingerprint density at radius 3 is 3.00 bits per heavy atom. The summed E-state index contributed by atoms with van der Waals surface area (Å²) in [6, 6.07) is 7.37. The second-order valence-corrected chi connectivity index (χ2v) is 4.72. The van der Waals surface area contributed by atoms with E-state index in [0.717, 1.165) is 12.1 Å². The molecule has 2 N–H and O–H groups in total. The van der Waals surface area contributed by atoms with E-state index in [1.165, 1.54) is 0 Å². The van der Waals surface area contributed by atoms with Crippen LogP contribution in [0.1, 0.15) is 18.5 Å². The van der Waals surface area contributed by atoms with Crippen molar-refractivity contribution in [3.05, 3.63) is 34.9 Å². The van der Waals surface area contributed by atoms with Crippen molar-refractivity contribution in [1.82, 2.24) is 10.6 Å². The summed E-state index contributed by atoms with van der Waals surface area (Å²) in [6.07, 6.45) is -0.413. The van der Waals surface area contributed by atoms with Gasteiger partial charge >= 0.3 is 0 Å². The maximum Gasteiger partial charge on any atom is 0.250 e. The normalized spacial score (nSPS) is 21.3. The van der Waals surface area contributed by atoms with Crippen LogP contribution in [-0.4, -0.2) is 31.7 Å². The van der Waals surface area contributed by atoms with Gasteiger partial charge in [0, 0.05) is 18.1 Å². The maximum absolute atomic E-state index is 12.0. The maximum atomic E-state index is 12.0. The molecule has 0 saturated carbocycles. The quantitative estimate of drug-likeness (QED) is 0.874. The first-order valence-corrected chi connectivity index (χ1v) is 6.43. The van der Waals surface area contributed by atoms with Gasteiger partial charge in [-0.25, -0.2) is 0 Å². The predicted octanol–water partition coefficient (Wildman–Crippen LogP) is 1.51. The minimum atomic E-state index is -0.413. The van der Waals surface area contributed by atoms with E-state index < -0.39 is 6.10 Å². The number of hydrogen-bond donors (Lipinski definition) is 2. The van der Waals surface area contributed by atoms with E-state index in [-0.39, 0.29) is 11.9 Å². The van der Waals surface area contributed by atoms with E-state index in [9.17, 15) is 4.79 Å². The van der Waals surface area contributed by atoms with Crippen LogP contribution in [0.3, 0.4) is 0 Å². The number of nitrogens with one attached hydrogen (secondary N) is 2. The van der Waals surface area contributed by atoms with E-state index in [2.05, 4.69) is 10.6 Å². The van der Waals surface area contributed by atoms with Crippen LogP contribution in [0.2, 0.25) is 5.02 Å². The van der Waals surface area contributed by atoms with Gasteiger partial charge in [-0.2, -0.15) is 0 Å². The van der Waals surface area contributed by atoms with E-state index in [4.69, 9.17) is 16.3 Å². The lowest BCUT2D eigenvalue weighted by atomic mass is 10.1. The molecule has 1 aliphatic heterocycles. The zero-order valence-corrected chi connectivity index (χ0v) is 11.0. The average Bonchev–Trinajstić information content (AvgIpc) is 2.40. The molecule has 1 aliphatic rings. The first kappa shape index (κ1) is 13.3. The van der Waals surface area contributed by atoms with Crippen molar-refractivity contribution in [2.24, 2.45) is 0 Å². The van der Waals surface area contributed by atoms with Crippen molar-refractivity contribution in [3.8, 4) is 0 Å². The third-order valence-electron chi connectivity index (χ3n) is 2.95. The van der Waals surface area contributed by atoms with Gasteiger partial charge < -0.3 is 15.4 Å². The lowest BCUT2D eigenvalue weighted by Crippen LogP contribution is -2.48. The zero-order valence-electron chi connectivity index (χ0n) is 10.3. The smallest absolute Gasteiger partial charge is 0.250 e. The molecule has 1 aromatic rings. The highest BCUT2D eigenvalue weighted by molar-refractivity contribution is 6.31. The van der Waals surface area contributed by atoms with E-state index in [1.807, 2.05) is 31.2 Å². The molecule has 0 aliphatic carbocycles. The Hall–Kier alpha value is -1.10. The Morgan fingerprint density at radius 1 is 1.56 bits per heavy atom. The molecule has 1 amide bonds. The predicted molar refractivity (Wildman–Crippen MR) is 70.6 cm³/mol. The highest BCUT2D eigenvalue weighted by atomic mass is 35.5. The Morgan fingerprint density at radius 2 is 2.33 bits per heavy atom. The van der Waals surface area contributed by atoms with Crippen molar-refractivity contribution in [3.63, 3.8) is 0 Å². The van der Waals surface area contributed by atoms with Crippen molar-refractivity contribution in [2.45, 2.75) is 19.1 Å². The van der Waals surface area contributed by atoms with Crippen LogP contribution in [0.25, 0.3) is 0 Å². The molecule has 1 fully saturated rings. The number of ether oxygens (including phenoxy) is 1. The van der Waals surface area contributed by atoms with Gasteiger partial charge in [0.25, 0.3) is 5.91 Å². The molecule has 18 heavy (non-hydrogen) atoms. The van der Waals surface area contributed by atoms with Crippen LogP contribution in [0.5, 0.6) is 0 Å². The van der Waals surface area contributed by atoms with Crippen molar-refractivity contribution in [2.75, 3.05) is 19.7 Å². The van der Waals surface area contributed by atoms with Gasteiger partial charge in [0.2, 0.25) is 0 Å². The summed E-state index contributed by atoms with van der Waals surface area (Å²) in [5, 5.41) is 6.71. The number of halogens is 1. The van der Waals surface area contributed by atoms with Crippen LogP contribution in [0.4, 0.5) is 0 Å². The van der Waals surface area contributed by atoms with Gasteiger partial charge in [0.1, 0.15) is 6.10 Å². The number of hydrogen-bond acceptors (Lipinski definition) is 3. The van der Waals surface area contributed by atoms with Gasteiger partial charge in [0.15, 0.2) is 0 Å². The summed E-state index contributed by atoms with van der Waals surface area (Å²) < 4.78 is 5.40. The molecule has 2 rings (SSSR count). The first-order valence-electron chi connectivity index (χ1n) is 6.05. The van der Waals surface area contributed by atoms with Crippen LogP contribution >= 0.6 is 11.6 Å². The number of carbonyl (C=O) groups is 1. The Kier molecular flexibility index (Phi) is 4.58. The summed E-state index contributed by atoms with van der Waals surface area (Å²) in [7, 11) is 0. The molecule has 1 aromatic carbocycles. The molecule has 0 radical (unpaired) electrons. The van der Waals surface area contributed by atoms with Gasteiger partial charge in [-0.1, -0.05) is 29.8 Å². The second-order valence-electron chi connectivity index (χ2n) is 4.32. The fourth-order valence-electron chi connectivity index (χ4n) is 1.94. The van der Waals surface area contributed by atoms with Gasteiger partial charge in [-0.05, 0) is 18.6 Å². The van der Waals surface area contributed by atoms with Crippen molar-refractivity contribution in [1.29, 1.82) is 0 Å². The summed E-state index contributed by atoms with van der Waals surface area (Å²) in [5.41, 5.74) is 0.913. The molecule has 1 unspecified atom stereocenters. The summed E-state index contributed by atoms with van der Waals surface area (Å²) >= 11 is 6.09. The monoisotopic (exact) mass is 268 g/mol. The van der Waals surface area contributed by atoms with Crippen molar-refractivity contribution >= 4 is 17.5 Å². The standard InChI is InChI=1S/C13H17ClN2O2/c1-9(10-4-2-3-5-11(10)14)16-13(17)12-8-15-6-7-18-12/h2-5,9,12,15H,6-8H2,1H3,(H,16,17)/t9-,12?/m0/s1. The third kappa shape index (κ3) is 3.22. The minimum absolute atomic E-state index is 0.102. The van der Waals surface area contributed by atoms with Gasteiger partial charge in [-0.3, -0.25) is 4.79 Å². The van der Waals surface area contributed by atoms with Gasteiger partial charge in [0.05, 0.1) is 12.6 Å². The highest BCUT2D eigenvalue weighted by Gasteiger charge is 2.23. The third-order valence-corrected chi connectivity index (χ3v) is 3.29. The molecule has 1 saturated heterocycles. The molecule has 98 valence electrons. The number of rotatable bonds is 3. The highest BCUT2D eigenvalue weighted by Crippen LogP contribution is 2.22. The zero-order chi connectivity index (χ0) is 13.0. The van der Waals surface area contributed by atoms with E-state index in [0.29, 0.717) is 18.2 Å². The molecule has 5 heteroatoms. The Balaban J connectivity index is 1.96. The minimum Gasteiger partial charge on any atom is -0.366 e. The van der Waals surface area contributed by atoms with Crippen LogP contribution in [-0.2, 0) is 9.53 Å². The molecule has 2 atom stereocenters. The van der Waals surface area contributed by atoms with Crippen LogP contribution < -0.4 is 10.6 Å². The Labute approximate surface area is 112 Å². The van der Waals surface area contributed by atoms with Crippen molar-refractivity contribution < 1.29 is 9.53 Å². The molecule has 1 heterocycles. The molecule has 0 bridgehead atoms. The van der Waals surface area contributed by atoms with Crippen LogP contribution in [0, 0.1) is 0 Å². The fraction of sp³-hybridized carbons (Fsp3) is 0.462. The number of benzene rings is 1. The second kappa shape index (κ2) is 6.18. The van der Waals surface area contributed by atoms with E-state index >= 15 is 0 Å². The summed E-state index contributed by atoms with van der Waals surface area (Å²) in [5.74, 6) is -0.102. The first-order chi connectivity index (χ1) is 8.68. The van der Waals surface area contributed by atoms with E-state index in [1.54, 1.807) is 0 Å². The number of amides is 1. The largest absolute Gasteiger partial charge is 0.366 e. The molecular formula is C13H17ClN2O2. The number of morpholine rings is 1. The van der Waals surface area contributed by atoms with Crippen LogP contribution in [0.15, 0.2) is 24.3 Å². The summed E-state index contributed by atoms with van der Waals surface area (Å²) in [6.45, 7) is 3.83. The van der Waals surface area contributed by atoms with Gasteiger partial charge in [-0.15, -0.1) is 0 Å². The molecule has 0 aromatic heterocycles. The molecule has 4 nitrogen and oxygen atoms in total.